The van der Waals surface area contributed by atoms with Crippen molar-refractivity contribution in [2.45, 2.75) is 26.3 Å². The van der Waals surface area contributed by atoms with E-state index in [-0.39, 0.29) is 11.8 Å². The molecule has 0 aromatic heterocycles. The summed E-state index contributed by atoms with van der Waals surface area (Å²) < 4.78 is 6.69. The van der Waals surface area contributed by atoms with Gasteiger partial charge in [-0.25, -0.2) is 0 Å². The van der Waals surface area contributed by atoms with Crippen molar-refractivity contribution >= 4 is 27.5 Å². The number of nitrogens with zero attached hydrogens (tertiary/aromatic N) is 1. The van der Waals surface area contributed by atoms with Gasteiger partial charge in [-0.1, -0.05) is 40.2 Å². The summed E-state index contributed by atoms with van der Waals surface area (Å²) in [4.78, 5) is 15.1. The number of ether oxygens (including phenoxy) is 1. The van der Waals surface area contributed by atoms with Crippen molar-refractivity contribution in [1.29, 1.82) is 0 Å². The molecule has 2 aromatic rings. The summed E-state index contributed by atoms with van der Waals surface area (Å²) in [6.07, 6.45) is 1.97. The summed E-state index contributed by atoms with van der Waals surface area (Å²) in [6.45, 7) is 5.23. The van der Waals surface area contributed by atoms with Crippen LogP contribution in [0, 0.1) is 5.92 Å². The summed E-state index contributed by atoms with van der Waals surface area (Å²) in [7, 11) is 0. The number of carbonyl (C=O) groups excluding carboxylic acids is 1. The highest BCUT2D eigenvalue weighted by Gasteiger charge is 2.26. The molecule has 1 aliphatic rings. The maximum absolute atomic E-state index is 12.8. The second-order valence-electron chi connectivity index (χ2n) is 6.62. The van der Waals surface area contributed by atoms with E-state index in [2.05, 4.69) is 50.4 Å². The van der Waals surface area contributed by atoms with Gasteiger partial charge >= 0.3 is 0 Å². The first-order chi connectivity index (χ1) is 12.7. The summed E-state index contributed by atoms with van der Waals surface area (Å²) in [5, 5.41) is 3.06. The van der Waals surface area contributed by atoms with E-state index in [0.717, 1.165) is 48.4 Å². The number of anilines is 1. The predicted octanol–water partition coefficient (Wildman–Crippen LogP) is 4.70. The predicted molar refractivity (Wildman–Crippen MR) is 108 cm³/mol. The van der Waals surface area contributed by atoms with Crippen molar-refractivity contribution in [2.24, 2.45) is 5.92 Å². The molecule has 1 saturated heterocycles. The number of rotatable bonds is 6. The molecule has 1 heterocycles. The topological polar surface area (TPSA) is 41.6 Å². The Morgan fingerprint density at radius 1 is 1.23 bits per heavy atom. The van der Waals surface area contributed by atoms with Crippen LogP contribution in [0.15, 0.2) is 53.0 Å². The van der Waals surface area contributed by atoms with Gasteiger partial charge in [0.25, 0.3) is 0 Å². The first-order valence-corrected chi connectivity index (χ1v) is 9.94. The quantitative estimate of drug-likeness (QED) is 0.741. The van der Waals surface area contributed by atoms with Gasteiger partial charge in [-0.3, -0.25) is 9.69 Å². The Balaban J connectivity index is 1.60. The van der Waals surface area contributed by atoms with Gasteiger partial charge in [0.2, 0.25) is 5.91 Å². The van der Waals surface area contributed by atoms with Crippen molar-refractivity contribution in [3.05, 3.63) is 58.6 Å². The van der Waals surface area contributed by atoms with Crippen molar-refractivity contribution in [3.63, 3.8) is 0 Å². The Labute approximate surface area is 163 Å². The van der Waals surface area contributed by atoms with E-state index in [4.69, 9.17) is 4.74 Å². The monoisotopic (exact) mass is 416 g/mol. The smallest absolute Gasteiger partial charge is 0.228 e. The van der Waals surface area contributed by atoms with Crippen LogP contribution in [0.3, 0.4) is 0 Å². The lowest BCUT2D eigenvalue weighted by Crippen LogP contribution is -2.40. The number of hydrogen-bond acceptors (Lipinski definition) is 3. The van der Waals surface area contributed by atoms with Crippen LogP contribution in [0.2, 0.25) is 0 Å². The number of amides is 1. The second kappa shape index (κ2) is 9.19. The summed E-state index contributed by atoms with van der Waals surface area (Å²) in [6, 6.07) is 16.0. The van der Waals surface area contributed by atoms with Gasteiger partial charge in [0.15, 0.2) is 0 Å². The molecule has 26 heavy (non-hydrogen) atoms. The zero-order valence-electron chi connectivity index (χ0n) is 15.1. The van der Waals surface area contributed by atoms with Gasteiger partial charge in [-0.2, -0.15) is 0 Å². The highest BCUT2D eigenvalue weighted by molar-refractivity contribution is 9.10. The maximum Gasteiger partial charge on any atom is 0.228 e. The fraction of sp³-hybridized carbons (Fsp3) is 0.381. The Morgan fingerprint density at radius 3 is 2.77 bits per heavy atom. The molecular weight excluding hydrogens is 392 g/mol. The van der Waals surface area contributed by atoms with Crippen LogP contribution < -0.4 is 10.1 Å². The lowest BCUT2D eigenvalue weighted by Gasteiger charge is -2.32. The van der Waals surface area contributed by atoms with E-state index >= 15 is 0 Å². The molecule has 1 N–H and O–H groups in total. The van der Waals surface area contributed by atoms with Gasteiger partial charge < -0.3 is 10.1 Å². The minimum Gasteiger partial charge on any atom is -0.492 e. The summed E-state index contributed by atoms with van der Waals surface area (Å²) in [5.41, 5.74) is 2.03. The van der Waals surface area contributed by atoms with Gasteiger partial charge in [0.05, 0.1) is 18.2 Å². The van der Waals surface area contributed by atoms with Crippen LogP contribution in [-0.4, -0.2) is 30.5 Å². The van der Waals surface area contributed by atoms with Crippen molar-refractivity contribution in [1.82, 2.24) is 4.90 Å². The molecule has 2 aromatic carbocycles. The van der Waals surface area contributed by atoms with Crippen LogP contribution in [-0.2, 0) is 11.3 Å². The third-order valence-corrected chi connectivity index (χ3v) is 5.17. The van der Waals surface area contributed by atoms with Gasteiger partial charge in [-0.05, 0) is 56.1 Å². The molecule has 0 aliphatic carbocycles. The van der Waals surface area contributed by atoms with Crippen LogP contribution in [0.1, 0.15) is 25.3 Å². The summed E-state index contributed by atoms with van der Waals surface area (Å²) in [5.74, 6) is 0.817. The van der Waals surface area contributed by atoms with Crippen molar-refractivity contribution in [3.8, 4) is 5.75 Å². The SMILES string of the molecule is CCOc1ccccc1NC(=O)C1CCCN(Cc2ccc(Br)cc2)C1. The van der Waals surface area contributed by atoms with Crippen molar-refractivity contribution < 1.29 is 9.53 Å². The standard InChI is InChI=1S/C21H25BrN2O2/c1-2-26-20-8-4-3-7-19(20)23-21(25)17-6-5-13-24(15-17)14-16-9-11-18(22)12-10-16/h3-4,7-12,17H,2,5-6,13-15H2,1H3,(H,23,25). The highest BCUT2D eigenvalue weighted by atomic mass is 79.9. The molecule has 1 atom stereocenters. The Kier molecular flexibility index (Phi) is 6.69. The van der Waals surface area contributed by atoms with E-state index in [1.807, 2.05) is 31.2 Å². The first-order valence-electron chi connectivity index (χ1n) is 9.15. The van der Waals surface area contributed by atoms with Gasteiger partial charge in [-0.15, -0.1) is 0 Å². The molecule has 138 valence electrons. The molecule has 1 fully saturated rings. The molecule has 1 aliphatic heterocycles. The molecule has 0 spiro atoms. The number of halogens is 1. The minimum absolute atomic E-state index is 0.00822. The molecule has 5 heteroatoms. The number of piperidine rings is 1. The first kappa shape index (κ1) is 18.9. The lowest BCUT2D eigenvalue weighted by atomic mass is 9.96. The maximum atomic E-state index is 12.8. The molecule has 4 nitrogen and oxygen atoms in total. The number of benzene rings is 2. The number of carbonyl (C=O) groups is 1. The largest absolute Gasteiger partial charge is 0.492 e. The van der Waals surface area contributed by atoms with E-state index in [0.29, 0.717) is 6.61 Å². The average molecular weight is 417 g/mol. The fourth-order valence-corrected chi connectivity index (χ4v) is 3.61. The molecule has 0 saturated carbocycles. The van der Waals surface area contributed by atoms with Crippen LogP contribution in [0.25, 0.3) is 0 Å². The lowest BCUT2D eigenvalue weighted by molar-refractivity contribution is -0.121. The molecule has 1 unspecified atom stereocenters. The molecular formula is C21H25BrN2O2. The second-order valence-corrected chi connectivity index (χ2v) is 7.53. The van der Waals surface area contributed by atoms with E-state index < -0.39 is 0 Å². The van der Waals surface area contributed by atoms with E-state index in [1.54, 1.807) is 0 Å². The average Bonchev–Trinajstić information content (AvgIpc) is 2.66. The third-order valence-electron chi connectivity index (χ3n) is 4.64. The van der Waals surface area contributed by atoms with E-state index in [1.165, 1.54) is 5.56 Å². The van der Waals surface area contributed by atoms with Crippen LogP contribution in [0.4, 0.5) is 5.69 Å². The molecule has 1 amide bonds. The van der Waals surface area contributed by atoms with Crippen LogP contribution in [0.5, 0.6) is 5.75 Å². The van der Waals surface area contributed by atoms with Gasteiger partial charge in [0, 0.05) is 17.6 Å². The highest BCUT2D eigenvalue weighted by Crippen LogP contribution is 2.26. The number of hydrogen-bond donors (Lipinski definition) is 1. The summed E-state index contributed by atoms with van der Waals surface area (Å²) >= 11 is 3.47. The van der Waals surface area contributed by atoms with Crippen molar-refractivity contribution in [2.75, 3.05) is 25.0 Å². The number of likely N-dealkylation sites (tertiary alicyclic amines) is 1. The Morgan fingerprint density at radius 2 is 2.00 bits per heavy atom. The number of para-hydroxylation sites is 2. The Hall–Kier alpha value is -1.85. The Bertz CT molecular complexity index is 733. The fourth-order valence-electron chi connectivity index (χ4n) is 3.35. The molecule has 0 bridgehead atoms. The zero-order chi connectivity index (χ0) is 18.4. The third kappa shape index (κ3) is 5.08. The normalized spacial score (nSPS) is 17.7. The molecule has 3 rings (SSSR count). The molecule has 0 radical (unpaired) electrons. The number of nitrogens with one attached hydrogen (secondary N) is 1. The van der Waals surface area contributed by atoms with Gasteiger partial charge in [0.1, 0.15) is 5.75 Å². The zero-order valence-corrected chi connectivity index (χ0v) is 16.7. The minimum atomic E-state index is 0.00822. The van der Waals surface area contributed by atoms with E-state index in [9.17, 15) is 4.79 Å². The van der Waals surface area contributed by atoms with Crippen LogP contribution >= 0.6 is 15.9 Å².